The predicted octanol–water partition coefficient (Wildman–Crippen LogP) is 4.58. The molecular formula is C29H30ClN3O5. The number of hydrogen-bond donors (Lipinski definition) is 2. The summed E-state index contributed by atoms with van der Waals surface area (Å²) in [7, 11) is 1.55. The van der Waals surface area contributed by atoms with Gasteiger partial charge in [0, 0.05) is 22.8 Å². The lowest BCUT2D eigenvalue weighted by atomic mass is 9.77. The van der Waals surface area contributed by atoms with Crippen molar-refractivity contribution in [1.29, 1.82) is 0 Å². The Bertz CT molecular complexity index is 1280. The van der Waals surface area contributed by atoms with E-state index in [1.165, 1.54) is 0 Å². The lowest BCUT2D eigenvalue weighted by molar-refractivity contribution is -0.138. The molecular weight excluding hydrogens is 506 g/mol. The molecule has 3 aromatic rings. The van der Waals surface area contributed by atoms with Crippen LogP contribution >= 0.6 is 11.6 Å². The third kappa shape index (κ3) is 5.38. The van der Waals surface area contributed by atoms with Crippen molar-refractivity contribution >= 4 is 23.4 Å². The molecule has 0 bridgehead atoms. The number of benzene rings is 2. The number of nitrogens with one attached hydrogen (secondary N) is 1. The molecule has 1 aliphatic heterocycles. The van der Waals surface area contributed by atoms with E-state index >= 15 is 0 Å². The highest BCUT2D eigenvalue weighted by Crippen LogP contribution is 2.46. The number of amides is 2. The van der Waals surface area contributed by atoms with Crippen LogP contribution in [0.25, 0.3) is 0 Å². The lowest BCUT2D eigenvalue weighted by Crippen LogP contribution is -2.52. The van der Waals surface area contributed by atoms with E-state index in [0.29, 0.717) is 53.3 Å². The van der Waals surface area contributed by atoms with Crippen LogP contribution in [0.15, 0.2) is 66.9 Å². The summed E-state index contributed by atoms with van der Waals surface area (Å²) in [6.07, 6.45) is 3.77. The summed E-state index contributed by atoms with van der Waals surface area (Å²) in [4.78, 5) is 39.6. The molecule has 2 heterocycles. The number of pyridine rings is 1. The van der Waals surface area contributed by atoms with Crippen molar-refractivity contribution in [3.8, 4) is 5.75 Å². The monoisotopic (exact) mass is 535 g/mol. The van der Waals surface area contributed by atoms with Crippen LogP contribution < -0.4 is 10.2 Å². The molecule has 2 amide bonds. The summed E-state index contributed by atoms with van der Waals surface area (Å²) in [5, 5.41) is 10.7. The minimum Gasteiger partial charge on any atom is -0.497 e. The van der Waals surface area contributed by atoms with Crippen LogP contribution in [0.5, 0.6) is 5.75 Å². The molecule has 1 aromatic heterocycles. The minimum absolute atomic E-state index is 0.0963. The Labute approximate surface area is 226 Å². The fourth-order valence-corrected chi connectivity index (χ4v) is 5.60. The maximum Gasteiger partial charge on any atom is 0.254 e. The number of aliphatic hydroxyl groups excluding tert-OH is 1. The normalized spacial score (nSPS) is 23.0. The van der Waals surface area contributed by atoms with Gasteiger partial charge in [-0.15, -0.1) is 0 Å². The molecule has 0 radical (unpaired) electrons. The predicted molar refractivity (Wildman–Crippen MR) is 142 cm³/mol. The number of aliphatic hydroxyl groups is 1. The highest BCUT2D eigenvalue weighted by Gasteiger charge is 2.47. The van der Waals surface area contributed by atoms with Crippen LogP contribution in [0.4, 0.5) is 0 Å². The summed E-state index contributed by atoms with van der Waals surface area (Å²) in [6.45, 7) is 0.0963. The quantitative estimate of drug-likeness (QED) is 0.430. The highest BCUT2D eigenvalue weighted by atomic mass is 35.5. The second kappa shape index (κ2) is 11.5. The summed E-state index contributed by atoms with van der Waals surface area (Å²) in [6, 6.07) is 17.1. The molecule has 0 saturated heterocycles. The van der Waals surface area contributed by atoms with Gasteiger partial charge in [0.2, 0.25) is 0 Å². The molecule has 0 spiro atoms. The Hall–Kier alpha value is -3.46. The summed E-state index contributed by atoms with van der Waals surface area (Å²) >= 11 is 6.20. The zero-order valence-corrected chi connectivity index (χ0v) is 21.8. The van der Waals surface area contributed by atoms with Gasteiger partial charge in [0.1, 0.15) is 12.4 Å². The SMILES string of the molecule is COc1ccc2c(c1)[C@@H](C(=O)NOCc1ccccn1)[C@H](c1ccc(Cl)cc1)N(C1CCC(O)CC1)C2=O. The van der Waals surface area contributed by atoms with Crippen LogP contribution in [0.1, 0.15) is 64.8 Å². The van der Waals surface area contributed by atoms with Gasteiger partial charge in [-0.25, -0.2) is 5.48 Å². The van der Waals surface area contributed by atoms with Crippen molar-refractivity contribution in [3.63, 3.8) is 0 Å². The molecule has 38 heavy (non-hydrogen) atoms. The van der Waals surface area contributed by atoms with E-state index in [1.54, 1.807) is 55.8 Å². The van der Waals surface area contributed by atoms with Gasteiger partial charge in [-0.2, -0.15) is 0 Å². The molecule has 1 fully saturated rings. The van der Waals surface area contributed by atoms with Gasteiger partial charge < -0.3 is 14.7 Å². The molecule has 8 nitrogen and oxygen atoms in total. The van der Waals surface area contributed by atoms with Crippen molar-refractivity contribution in [2.24, 2.45) is 0 Å². The number of halogens is 1. The summed E-state index contributed by atoms with van der Waals surface area (Å²) in [5.41, 5.74) is 5.09. The first-order chi connectivity index (χ1) is 18.5. The van der Waals surface area contributed by atoms with Gasteiger partial charge in [0.05, 0.1) is 30.9 Å². The number of nitrogens with zero attached hydrogens (tertiary/aromatic N) is 2. The Morgan fingerprint density at radius 3 is 2.55 bits per heavy atom. The molecule has 2 aromatic carbocycles. The van der Waals surface area contributed by atoms with E-state index in [4.69, 9.17) is 21.2 Å². The summed E-state index contributed by atoms with van der Waals surface area (Å²) < 4.78 is 5.45. The molecule has 198 valence electrons. The van der Waals surface area contributed by atoms with E-state index in [9.17, 15) is 14.7 Å². The molecule has 1 saturated carbocycles. The van der Waals surface area contributed by atoms with E-state index in [1.807, 2.05) is 23.1 Å². The van der Waals surface area contributed by atoms with Crippen molar-refractivity contribution in [1.82, 2.24) is 15.4 Å². The van der Waals surface area contributed by atoms with Gasteiger partial charge in [0.25, 0.3) is 11.8 Å². The van der Waals surface area contributed by atoms with Gasteiger partial charge in [0.15, 0.2) is 0 Å². The zero-order valence-electron chi connectivity index (χ0n) is 21.0. The van der Waals surface area contributed by atoms with Crippen LogP contribution in [-0.4, -0.2) is 46.1 Å². The van der Waals surface area contributed by atoms with Crippen molar-refractivity contribution in [2.45, 2.75) is 56.4 Å². The number of rotatable bonds is 7. The third-order valence-corrected chi connectivity index (χ3v) is 7.60. The molecule has 2 aliphatic rings. The zero-order chi connectivity index (χ0) is 26.6. The second-order valence-electron chi connectivity index (χ2n) is 9.68. The molecule has 1 aliphatic carbocycles. The van der Waals surface area contributed by atoms with Crippen LogP contribution in [0, 0.1) is 0 Å². The Morgan fingerprint density at radius 2 is 1.87 bits per heavy atom. The average molecular weight is 536 g/mol. The maximum absolute atomic E-state index is 14.0. The Kier molecular flexibility index (Phi) is 7.93. The first-order valence-corrected chi connectivity index (χ1v) is 13.1. The largest absolute Gasteiger partial charge is 0.497 e. The number of fused-ring (bicyclic) bond motifs is 1. The molecule has 2 N–H and O–H groups in total. The number of hydroxylamine groups is 1. The minimum atomic E-state index is -0.783. The first kappa shape index (κ1) is 26.2. The second-order valence-corrected chi connectivity index (χ2v) is 10.1. The Balaban J connectivity index is 1.56. The molecule has 9 heteroatoms. The standard InChI is InChI=1S/C29H30ClN3O5/c1-37-23-13-14-24-25(16-23)26(28(35)32-38-17-20-4-2-3-15-31-20)27(18-5-7-19(30)8-6-18)33(29(24)36)21-9-11-22(34)12-10-21/h2-8,13-16,21-22,26-27,34H,9-12,17H2,1H3,(H,32,35)/t21?,22?,26-,27+/m1/s1. The van der Waals surface area contributed by atoms with Crippen molar-refractivity contribution in [3.05, 3.63) is 94.3 Å². The first-order valence-electron chi connectivity index (χ1n) is 12.7. The van der Waals surface area contributed by atoms with Gasteiger partial charge >= 0.3 is 0 Å². The average Bonchev–Trinajstić information content (AvgIpc) is 2.94. The number of ether oxygens (including phenoxy) is 1. The highest BCUT2D eigenvalue weighted by molar-refractivity contribution is 6.30. The number of carbonyl (C=O) groups is 2. The maximum atomic E-state index is 14.0. The smallest absolute Gasteiger partial charge is 0.254 e. The fourth-order valence-electron chi connectivity index (χ4n) is 5.47. The van der Waals surface area contributed by atoms with Crippen LogP contribution in [0.3, 0.4) is 0 Å². The number of hydrogen-bond acceptors (Lipinski definition) is 6. The lowest BCUT2D eigenvalue weighted by Gasteiger charge is -2.47. The third-order valence-electron chi connectivity index (χ3n) is 7.35. The number of aromatic nitrogens is 1. The van der Waals surface area contributed by atoms with Gasteiger partial charge in [-0.05, 0) is 79.3 Å². The van der Waals surface area contributed by atoms with E-state index in [2.05, 4.69) is 10.5 Å². The van der Waals surface area contributed by atoms with Crippen molar-refractivity contribution < 1.29 is 24.3 Å². The van der Waals surface area contributed by atoms with Crippen LogP contribution in [-0.2, 0) is 16.2 Å². The fraction of sp³-hybridized carbons (Fsp3) is 0.345. The molecule has 2 atom stereocenters. The van der Waals surface area contributed by atoms with E-state index in [0.717, 1.165) is 5.56 Å². The van der Waals surface area contributed by atoms with Gasteiger partial charge in [-0.3, -0.25) is 19.4 Å². The van der Waals surface area contributed by atoms with Crippen molar-refractivity contribution in [2.75, 3.05) is 7.11 Å². The van der Waals surface area contributed by atoms with E-state index in [-0.39, 0.29) is 30.6 Å². The number of methoxy groups -OCH3 is 1. The number of carbonyl (C=O) groups excluding carboxylic acids is 2. The van der Waals surface area contributed by atoms with Gasteiger partial charge in [-0.1, -0.05) is 29.8 Å². The van der Waals surface area contributed by atoms with Crippen LogP contribution in [0.2, 0.25) is 5.02 Å². The Morgan fingerprint density at radius 1 is 1.11 bits per heavy atom. The molecule has 5 rings (SSSR count). The van der Waals surface area contributed by atoms with E-state index < -0.39 is 12.0 Å². The summed E-state index contributed by atoms with van der Waals surface area (Å²) in [5.74, 6) is -0.770. The topological polar surface area (TPSA) is 101 Å². The molecule has 0 unspecified atom stereocenters.